The lowest BCUT2D eigenvalue weighted by atomic mass is 9.84. The second kappa shape index (κ2) is 18.3. The van der Waals surface area contributed by atoms with E-state index < -0.39 is 35.7 Å². The maximum absolute atomic E-state index is 14.3. The molecule has 4 amide bonds. The molecular formula is C43H63N5O5. The first-order chi connectivity index (χ1) is 25.0. The van der Waals surface area contributed by atoms with E-state index in [9.17, 15) is 24.3 Å². The van der Waals surface area contributed by atoms with Crippen molar-refractivity contribution in [3.8, 4) is 0 Å². The number of carbonyl (C=O) groups excluding carboxylic acids is 4. The second-order valence-electron chi connectivity index (χ2n) is 16.6. The zero-order valence-electron chi connectivity index (χ0n) is 33.3. The third-order valence-corrected chi connectivity index (χ3v) is 10.9. The van der Waals surface area contributed by atoms with Gasteiger partial charge in [0.15, 0.2) is 0 Å². The molecule has 0 aromatic heterocycles. The van der Waals surface area contributed by atoms with Gasteiger partial charge in [0.1, 0.15) is 18.2 Å². The van der Waals surface area contributed by atoms with Crippen molar-refractivity contribution in [1.82, 2.24) is 25.3 Å². The maximum Gasteiger partial charge on any atom is 0.249 e. The van der Waals surface area contributed by atoms with Gasteiger partial charge in [-0.05, 0) is 75.5 Å². The van der Waals surface area contributed by atoms with Crippen molar-refractivity contribution in [2.45, 2.75) is 130 Å². The molecule has 2 saturated heterocycles. The average Bonchev–Trinajstić information content (AvgIpc) is 3.64. The Kier molecular flexibility index (Phi) is 14.4. The van der Waals surface area contributed by atoms with Crippen LogP contribution in [0.1, 0.15) is 111 Å². The van der Waals surface area contributed by atoms with Gasteiger partial charge in [-0.2, -0.15) is 0 Å². The van der Waals surface area contributed by atoms with E-state index in [2.05, 4.69) is 29.4 Å². The molecule has 2 fully saturated rings. The topological polar surface area (TPSA) is 122 Å². The first-order valence-corrected chi connectivity index (χ1v) is 19.4. The summed E-state index contributed by atoms with van der Waals surface area (Å²) in [5, 5.41) is 17.6. The Morgan fingerprint density at radius 3 is 1.94 bits per heavy atom. The molecule has 2 heterocycles. The summed E-state index contributed by atoms with van der Waals surface area (Å²) in [6.07, 6.45) is 4.80. The minimum Gasteiger partial charge on any atom is -0.386 e. The highest BCUT2D eigenvalue weighted by Gasteiger charge is 2.41. The van der Waals surface area contributed by atoms with Crippen molar-refractivity contribution in [2.75, 3.05) is 20.1 Å². The number of likely N-dealkylation sites (N-methyl/N-ethyl adjacent to an activating group) is 1. The fraction of sp³-hybridized carbons (Fsp3) is 0.581. The number of nitrogens with zero attached hydrogens (tertiary/aromatic N) is 3. The lowest BCUT2D eigenvalue weighted by Gasteiger charge is -2.41. The number of piperidine rings is 1. The summed E-state index contributed by atoms with van der Waals surface area (Å²) in [6.45, 7) is 17.1. The van der Waals surface area contributed by atoms with Crippen LogP contribution in [0.5, 0.6) is 0 Å². The largest absolute Gasteiger partial charge is 0.386 e. The van der Waals surface area contributed by atoms with Crippen molar-refractivity contribution in [3.05, 3.63) is 83.4 Å². The highest BCUT2D eigenvalue weighted by atomic mass is 16.3. The van der Waals surface area contributed by atoms with Gasteiger partial charge in [-0.3, -0.25) is 24.1 Å². The minimum absolute atomic E-state index is 0.0402. The monoisotopic (exact) mass is 729 g/mol. The van der Waals surface area contributed by atoms with E-state index in [-0.39, 0.29) is 41.6 Å². The van der Waals surface area contributed by atoms with Gasteiger partial charge in [-0.1, -0.05) is 108 Å². The molecule has 2 aromatic carbocycles. The predicted octanol–water partition coefficient (Wildman–Crippen LogP) is 5.79. The number of rotatable bonds is 13. The normalized spacial score (nSPS) is 20.8. The number of amides is 4. The predicted molar refractivity (Wildman–Crippen MR) is 209 cm³/mol. The van der Waals surface area contributed by atoms with Crippen LogP contribution < -0.4 is 10.6 Å². The third kappa shape index (κ3) is 10.4. The zero-order chi connectivity index (χ0) is 39.0. The summed E-state index contributed by atoms with van der Waals surface area (Å²) in [5.41, 5.74) is 1.32. The summed E-state index contributed by atoms with van der Waals surface area (Å²) in [6, 6.07) is 15.9. The van der Waals surface area contributed by atoms with Gasteiger partial charge in [0.05, 0.1) is 18.1 Å². The van der Waals surface area contributed by atoms with Crippen LogP contribution >= 0.6 is 0 Å². The van der Waals surface area contributed by atoms with Crippen LogP contribution in [0, 0.1) is 11.3 Å². The van der Waals surface area contributed by atoms with Gasteiger partial charge in [0, 0.05) is 25.2 Å². The molecule has 2 aromatic rings. The van der Waals surface area contributed by atoms with Crippen LogP contribution in [-0.4, -0.2) is 93.8 Å². The van der Waals surface area contributed by atoms with Crippen molar-refractivity contribution < 1.29 is 24.3 Å². The van der Waals surface area contributed by atoms with Crippen molar-refractivity contribution in [2.24, 2.45) is 11.3 Å². The molecule has 0 spiro atoms. The van der Waals surface area contributed by atoms with Crippen LogP contribution in [0.15, 0.2) is 72.3 Å². The van der Waals surface area contributed by atoms with E-state index >= 15 is 0 Å². The molecule has 0 aliphatic carbocycles. The molecule has 10 heteroatoms. The highest BCUT2D eigenvalue weighted by Crippen LogP contribution is 2.31. The Balaban J connectivity index is 1.52. The number of nitrogens with one attached hydrogen (secondary N) is 2. The number of benzene rings is 2. The standard InChI is InChI=1S/C43H63N5O5/c1-28(2)35(46(9)42(53)38(43(6,7)8)45-40(51)33-23-16-17-25-47(33)29(3)4)27-30(5)41(52)48-26-18-24-34(48)39(50)44-36(31-19-12-10-13-20-31)37(49)32-21-14-11-15-22-32/h10-15,19-22,27-29,33-38,49H,16-18,23-26H2,1-9H3,(H,44,50)(H,45,51)/t33?,34-,35+,36-,37-,38+/m0/s1. The molecule has 6 atom stereocenters. The van der Waals surface area contributed by atoms with Crippen LogP contribution in [0.3, 0.4) is 0 Å². The Hall–Kier alpha value is -4.02. The van der Waals surface area contributed by atoms with Gasteiger partial charge < -0.3 is 25.5 Å². The highest BCUT2D eigenvalue weighted by molar-refractivity contribution is 5.97. The molecule has 4 rings (SSSR count). The van der Waals surface area contributed by atoms with E-state index in [0.717, 1.165) is 31.4 Å². The lowest BCUT2D eigenvalue weighted by molar-refractivity contribution is -0.142. The van der Waals surface area contributed by atoms with Gasteiger partial charge in [0.25, 0.3) is 0 Å². The fourth-order valence-electron chi connectivity index (χ4n) is 7.78. The fourth-order valence-corrected chi connectivity index (χ4v) is 7.78. The van der Waals surface area contributed by atoms with Gasteiger partial charge in [-0.15, -0.1) is 0 Å². The number of likely N-dealkylation sites (tertiary alicyclic amines) is 2. The number of aliphatic hydroxyl groups excluding tert-OH is 1. The minimum atomic E-state index is -0.992. The van der Waals surface area contributed by atoms with E-state index in [0.29, 0.717) is 30.5 Å². The van der Waals surface area contributed by atoms with Gasteiger partial charge in [0.2, 0.25) is 23.6 Å². The number of hydrogen-bond donors (Lipinski definition) is 3. The molecule has 0 radical (unpaired) electrons. The van der Waals surface area contributed by atoms with Crippen molar-refractivity contribution in [1.29, 1.82) is 0 Å². The summed E-state index contributed by atoms with van der Waals surface area (Å²) < 4.78 is 0. The van der Waals surface area contributed by atoms with E-state index in [1.807, 2.05) is 101 Å². The Labute approximate surface area is 317 Å². The summed E-state index contributed by atoms with van der Waals surface area (Å²) in [4.78, 5) is 61.5. The molecule has 2 aliphatic heterocycles. The molecule has 53 heavy (non-hydrogen) atoms. The lowest BCUT2D eigenvalue weighted by Crippen LogP contribution is -2.60. The summed E-state index contributed by atoms with van der Waals surface area (Å²) in [5.74, 6) is -0.956. The molecular weight excluding hydrogens is 667 g/mol. The summed E-state index contributed by atoms with van der Waals surface area (Å²) in [7, 11) is 1.74. The molecule has 2 aliphatic rings. The van der Waals surface area contributed by atoms with E-state index in [1.165, 1.54) is 0 Å². The van der Waals surface area contributed by atoms with Crippen LogP contribution in [-0.2, 0) is 19.2 Å². The third-order valence-electron chi connectivity index (χ3n) is 10.9. The van der Waals surface area contributed by atoms with E-state index in [1.54, 1.807) is 23.8 Å². The SMILES string of the molecule is CC(=C[C@H](C(C)C)N(C)C(=O)[C@@H](NC(=O)C1CCCCN1C(C)C)C(C)(C)C)C(=O)N1CCC[C@H]1C(=O)N[C@@H](c1ccccc1)[C@@H](O)c1ccccc1. The first-order valence-electron chi connectivity index (χ1n) is 19.4. The Bertz CT molecular complexity index is 1570. The molecule has 0 saturated carbocycles. The van der Waals surface area contributed by atoms with Crippen molar-refractivity contribution >= 4 is 23.6 Å². The quantitative estimate of drug-likeness (QED) is 0.225. The Morgan fingerprint density at radius 2 is 1.38 bits per heavy atom. The number of hydrogen-bond acceptors (Lipinski definition) is 6. The molecule has 290 valence electrons. The number of carbonyl (C=O) groups is 4. The number of aliphatic hydroxyl groups is 1. The maximum atomic E-state index is 14.3. The summed E-state index contributed by atoms with van der Waals surface area (Å²) >= 11 is 0. The van der Waals surface area contributed by atoms with Gasteiger partial charge >= 0.3 is 0 Å². The van der Waals surface area contributed by atoms with Crippen LogP contribution in [0.2, 0.25) is 0 Å². The van der Waals surface area contributed by atoms with E-state index in [4.69, 9.17) is 0 Å². The van der Waals surface area contributed by atoms with Crippen LogP contribution in [0.25, 0.3) is 0 Å². The Morgan fingerprint density at radius 1 is 0.811 bits per heavy atom. The average molecular weight is 730 g/mol. The zero-order valence-corrected chi connectivity index (χ0v) is 33.3. The van der Waals surface area contributed by atoms with Crippen LogP contribution in [0.4, 0.5) is 0 Å². The molecule has 10 nitrogen and oxygen atoms in total. The van der Waals surface area contributed by atoms with Crippen molar-refractivity contribution in [3.63, 3.8) is 0 Å². The first kappa shape index (κ1) is 41.7. The molecule has 3 N–H and O–H groups in total. The molecule has 1 unspecified atom stereocenters. The smallest absolute Gasteiger partial charge is 0.249 e. The molecule has 0 bridgehead atoms. The second-order valence-corrected chi connectivity index (χ2v) is 16.6. The van der Waals surface area contributed by atoms with Gasteiger partial charge in [-0.25, -0.2) is 0 Å².